The third-order valence-electron chi connectivity index (χ3n) is 4.58. The first-order chi connectivity index (χ1) is 14.4. The van der Waals surface area contributed by atoms with Crippen molar-refractivity contribution in [3.63, 3.8) is 0 Å². The SMILES string of the molecule is CCCC(O)C(O)C(Cc1cc(F)cc(F)c1)NC(=O)c1csc(N(C)S(C)(=O)=O)n1.[HH]. The minimum atomic E-state index is -3.57. The van der Waals surface area contributed by atoms with Gasteiger partial charge >= 0.3 is 0 Å². The van der Waals surface area contributed by atoms with Gasteiger partial charge < -0.3 is 15.5 Å². The zero-order valence-electron chi connectivity index (χ0n) is 17.2. The number of benzene rings is 1. The molecule has 0 saturated carbocycles. The summed E-state index contributed by atoms with van der Waals surface area (Å²) in [5, 5.41) is 24.7. The maximum atomic E-state index is 13.6. The van der Waals surface area contributed by atoms with Crippen molar-refractivity contribution in [3.8, 4) is 0 Å². The van der Waals surface area contributed by atoms with Crippen LogP contribution in [0.25, 0.3) is 0 Å². The van der Waals surface area contributed by atoms with Gasteiger partial charge in [0.15, 0.2) is 5.13 Å². The number of hydrogen-bond donors (Lipinski definition) is 3. The van der Waals surface area contributed by atoms with Crippen molar-refractivity contribution < 1.29 is 33.6 Å². The molecule has 0 spiro atoms. The van der Waals surface area contributed by atoms with Crippen LogP contribution in [0.15, 0.2) is 23.6 Å². The Morgan fingerprint density at radius 1 is 1.29 bits per heavy atom. The average molecular weight is 480 g/mol. The van der Waals surface area contributed by atoms with Crippen LogP contribution in [-0.2, 0) is 16.4 Å². The Kier molecular flexibility index (Phi) is 8.46. The lowest BCUT2D eigenvalue weighted by Crippen LogP contribution is -2.50. The number of halogens is 2. The van der Waals surface area contributed by atoms with Crippen LogP contribution in [0.1, 0.15) is 37.2 Å². The van der Waals surface area contributed by atoms with Crippen LogP contribution in [0.4, 0.5) is 13.9 Å². The molecule has 0 fully saturated rings. The molecule has 8 nitrogen and oxygen atoms in total. The number of amides is 1. The number of rotatable bonds is 10. The summed E-state index contributed by atoms with van der Waals surface area (Å²) in [6.07, 6.45) is -0.912. The maximum absolute atomic E-state index is 13.6. The first-order valence-corrected chi connectivity index (χ1v) is 12.2. The first kappa shape index (κ1) is 25.1. The number of aliphatic hydroxyl groups excluding tert-OH is 2. The van der Waals surface area contributed by atoms with Crippen molar-refractivity contribution in [2.45, 2.75) is 44.4 Å². The van der Waals surface area contributed by atoms with E-state index in [9.17, 15) is 32.2 Å². The second-order valence-electron chi connectivity index (χ2n) is 7.15. The Hall–Kier alpha value is -2.15. The number of aliphatic hydroxyl groups is 2. The zero-order valence-corrected chi connectivity index (χ0v) is 18.9. The number of thiazole rings is 1. The van der Waals surface area contributed by atoms with Crippen LogP contribution in [-0.4, -0.2) is 61.1 Å². The van der Waals surface area contributed by atoms with Gasteiger partial charge in [-0.3, -0.25) is 4.79 Å². The lowest BCUT2D eigenvalue weighted by atomic mass is 9.95. The number of sulfonamides is 1. The van der Waals surface area contributed by atoms with Gasteiger partial charge in [-0.1, -0.05) is 13.3 Å². The van der Waals surface area contributed by atoms with Gasteiger partial charge in [0.2, 0.25) is 10.0 Å². The summed E-state index contributed by atoms with van der Waals surface area (Å²) in [6, 6.07) is 1.77. The number of nitrogens with one attached hydrogen (secondary N) is 1. The van der Waals surface area contributed by atoms with Crippen LogP contribution in [0.3, 0.4) is 0 Å². The molecule has 0 bridgehead atoms. The fraction of sp³-hybridized carbons (Fsp3) is 0.474. The number of anilines is 1. The van der Waals surface area contributed by atoms with Gasteiger partial charge in [0, 0.05) is 19.9 Å². The molecule has 1 amide bonds. The van der Waals surface area contributed by atoms with E-state index in [2.05, 4.69) is 10.3 Å². The molecule has 2 aromatic rings. The predicted octanol–water partition coefficient (Wildman–Crippen LogP) is 1.93. The Labute approximate surface area is 185 Å². The molecule has 0 aliphatic rings. The summed E-state index contributed by atoms with van der Waals surface area (Å²) >= 11 is 0.934. The summed E-state index contributed by atoms with van der Waals surface area (Å²) in [7, 11) is -2.27. The summed E-state index contributed by atoms with van der Waals surface area (Å²) in [5.74, 6) is -2.35. The van der Waals surface area contributed by atoms with Crippen molar-refractivity contribution in [2.75, 3.05) is 17.6 Å². The molecule has 174 valence electrons. The van der Waals surface area contributed by atoms with Gasteiger partial charge in [0.1, 0.15) is 23.4 Å². The Morgan fingerprint density at radius 2 is 1.90 bits per heavy atom. The van der Waals surface area contributed by atoms with Gasteiger partial charge in [-0.15, -0.1) is 11.3 Å². The summed E-state index contributed by atoms with van der Waals surface area (Å²) in [4.78, 5) is 16.7. The normalized spacial score (nSPS) is 14.7. The molecule has 3 unspecified atom stereocenters. The van der Waals surface area contributed by atoms with E-state index in [4.69, 9.17) is 0 Å². The summed E-state index contributed by atoms with van der Waals surface area (Å²) in [6.45, 7) is 1.81. The van der Waals surface area contributed by atoms with E-state index in [0.29, 0.717) is 12.5 Å². The van der Waals surface area contributed by atoms with Crippen molar-refractivity contribution in [3.05, 3.63) is 46.5 Å². The molecule has 1 aromatic carbocycles. The highest BCUT2D eigenvalue weighted by Crippen LogP contribution is 2.22. The fourth-order valence-corrected chi connectivity index (χ4v) is 4.41. The molecule has 2 rings (SSSR count). The molecule has 12 heteroatoms. The number of nitrogens with zero attached hydrogens (tertiary/aromatic N) is 2. The van der Waals surface area contributed by atoms with E-state index in [1.165, 1.54) is 12.4 Å². The minimum Gasteiger partial charge on any atom is -0.390 e. The third kappa shape index (κ3) is 6.92. The standard InChI is InChI=1S/C19H25F2N3O5S2.H2/c1-4-5-16(25)17(26)14(8-11-6-12(20)9-13(21)7-11)22-18(27)15-10-30-19(23-15)24(2)31(3,28)29;/h6-7,9-10,14,16-17,25-26H,4-5,8H2,1-3H3,(H,22,27);1H. The fourth-order valence-electron chi connectivity index (χ4n) is 2.87. The van der Waals surface area contributed by atoms with E-state index in [0.717, 1.165) is 34.0 Å². The molecule has 3 N–H and O–H groups in total. The van der Waals surface area contributed by atoms with Gasteiger partial charge in [-0.25, -0.2) is 26.5 Å². The van der Waals surface area contributed by atoms with Crippen molar-refractivity contribution in [2.24, 2.45) is 0 Å². The molecule has 1 aromatic heterocycles. The average Bonchev–Trinajstić information content (AvgIpc) is 3.15. The summed E-state index contributed by atoms with van der Waals surface area (Å²) < 4.78 is 51.3. The highest BCUT2D eigenvalue weighted by atomic mass is 32.2. The monoisotopic (exact) mass is 479 g/mol. The van der Waals surface area contributed by atoms with Crippen molar-refractivity contribution >= 4 is 32.4 Å². The largest absolute Gasteiger partial charge is 0.390 e. The molecule has 0 saturated heterocycles. The molecule has 31 heavy (non-hydrogen) atoms. The quantitative estimate of drug-likeness (QED) is 0.479. The second kappa shape index (κ2) is 10.4. The number of carbonyl (C=O) groups is 1. The Bertz CT molecular complexity index is 1000. The topological polar surface area (TPSA) is 120 Å². The smallest absolute Gasteiger partial charge is 0.271 e. The first-order valence-electron chi connectivity index (χ1n) is 9.43. The van der Waals surface area contributed by atoms with Gasteiger partial charge in [0.25, 0.3) is 5.91 Å². The lowest BCUT2D eigenvalue weighted by Gasteiger charge is -2.27. The van der Waals surface area contributed by atoms with Gasteiger partial charge in [-0.2, -0.15) is 0 Å². The van der Waals surface area contributed by atoms with Crippen molar-refractivity contribution in [1.29, 1.82) is 0 Å². The van der Waals surface area contributed by atoms with Gasteiger partial charge in [0.05, 0.1) is 18.4 Å². The van der Waals surface area contributed by atoms with Crippen LogP contribution in [0.2, 0.25) is 0 Å². The number of aromatic nitrogens is 1. The molecular formula is C19H27F2N3O5S2. The molecule has 0 radical (unpaired) electrons. The molecule has 1 heterocycles. The van der Waals surface area contributed by atoms with Crippen LogP contribution >= 0.6 is 11.3 Å². The molecular weight excluding hydrogens is 452 g/mol. The number of carbonyl (C=O) groups excluding carboxylic acids is 1. The van der Waals surface area contributed by atoms with Crippen LogP contribution in [0, 0.1) is 11.6 Å². The minimum absolute atomic E-state index is 0. The van der Waals surface area contributed by atoms with E-state index in [1.54, 1.807) is 6.92 Å². The Morgan fingerprint density at radius 3 is 2.45 bits per heavy atom. The third-order valence-corrected chi connectivity index (χ3v) is 6.78. The second-order valence-corrected chi connectivity index (χ2v) is 10.0. The van der Waals surface area contributed by atoms with Crippen molar-refractivity contribution in [1.82, 2.24) is 10.3 Å². The predicted molar refractivity (Wildman–Crippen MR) is 116 cm³/mol. The van der Waals surface area contributed by atoms with Crippen LogP contribution in [0.5, 0.6) is 0 Å². The van der Waals surface area contributed by atoms with Crippen LogP contribution < -0.4 is 9.62 Å². The highest BCUT2D eigenvalue weighted by molar-refractivity contribution is 7.92. The number of hydrogen-bond acceptors (Lipinski definition) is 7. The van der Waals surface area contributed by atoms with E-state index < -0.39 is 45.8 Å². The highest BCUT2D eigenvalue weighted by Gasteiger charge is 2.29. The lowest BCUT2D eigenvalue weighted by molar-refractivity contribution is -0.00750. The van der Waals surface area contributed by atoms with E-state index in [-0.39, 0.29) is 30.7 Å². The van der Waals surface area contributed by atoms with Gasteiger partial charge in [-0.05, 0) is 30.5 Å². The van der Waals surface area contributed by atoms with E-state index in [1.807, 2.05) is 0 Å². The molecule has 0 aliphatic carbocycles. The summed E-state index contributed by atoms with van der Waals surface area (Å²) in [5.41, 5.74) is 0.0874. The maximum Gasteiger partial charge on any atom is 0.271 e. The zero-order chi connectivity index (χ0) is 23.3. The van der Waals surface area contributed by atoms with E-state index >= 15 is 0 Å². The Balaban J connectivity index is 0.00000512. The molecule has 0 aliphatic heterocycles. The molecule has 3 atom stereocenters.